The largest absolute Gasteiger partial charge is 0.469 e. The van der Waals surface area contributed by atoms with E-state index in [9.17, 15) is 9.18 Å². The Morgan fingerprint density at radius 1 is 1.39 bits per heavy atom. The molecule has 0 saturated heterocycles. The van der Waals surface area contributed by atoms with Crippen LogP contribution in [-0.4, -0.2) is 12.5 Å². The fraction of sp³-hybridized carbons (Fsp3) is 0.154. The number of halogens is 1. The maximum Gasteiger partial charge on any atom is 0.253 e. The number of nitrogen functional groups attached to an aromatic ring is 1. The lowest BCUT2D eigenvalue weighted by molar-refractivity contribution is 0.0954. The highest BCUT2D eigenvalue weighted by Gasteiger charge is 2.09. The lowest BCUT2D eigenvalue weighted by Crippen LogP contribution is -2.26. The summed E-state index contributed by atoms with van der Waals surface area (Å²) < 4.78 is 18.0. The van der Waals surface area contributed by atoms with Gasteiger partial charge in [-0.05, 0) is 30.3 Å². The normalized spacial score (nSPS) is 10.3. The summed E-state index contributed by atoms with van der Waals surface area (Å²) in [6.07, 6.45) is 2.18. The van der Waals surface area contributed by atoms with Crippen molar-refractivity contribution in [3.8, 4) is 0 Å². The minimum absolute atomic E-state index is 0.130. The Kier molecular flexibility index (Phi) is 3.62. The number of carbonyl (C=O) groups is 1. The quantitative estimate of drug-likeness (QED) is 0.813. The summed E-state index contributed by atoms with van der Waals surface area (Å²) in [5.41, 5.74) is 5.97. The van der Waals surface area contributed by atoms with Crippen molar-refractivity contribution < 1.29 is 13.6 Å². The second-order valence-electron chi connectivity index (χ2n) is 3.82. The Morgan fingerprint density at radius 3 is 2.89 bits per heavy atom. The van der Waals surface area contributed by atoms with Crippen molar-refractivity contribution in [1.29, 1.82) is 0 Å². The number of nitrogens with one attached hydrogen (secondary N) is 1. The number of furan rings is 1. The molecule has 0 saturated carbocycles. The molecule has 2 rings (SSSR count). The fourth-order valence-electron chi connectivity index (χ4n) is 1.59. The highest BCUT2D eigenvalue weighted by Crippen LogP contribution is 2.13. The van der Waals surface area contributed by atoms with E-state index in [0.717, 1.165) is 11.8 Å². The molecule has 94 valence electrons. The lowest BCUT2D eigenvalue weighted by atomic mass is 10.1. The second kappa shape index (κ2) is 5.35. The van der Waals surface area contributed by atoms with Crippen LogP contribution in [-0.2, 0) is 6.42 Å². The van der Waals surface area contributed by atoms with Gasteiger partial charge in [-0.15, -0.1) is 0 Å². The Labute approximate surface area is 104 Å². The van der Waals surface area contributed by atoms with Crippen LogP contribution in [0.25, 0.3) is 0 Å². The van der Waals surface area contributed by atoms with Crippen LogP contribution in [0.3, 0.4) is 0 Å². The van der Waals surface area contributed by atoms with Gasteiger partial charge in [-0.3, -0.25) is 4.79 Å². The molecule has 5 heteroatoms. The molecule has 1 aromatic carbocycles. The van der Waals surface area contributed by atoms with Gasteiger partial charge in [0.05, 0.1) is 11.8 Å². The van der Waals surface area contributed by atoms with Gasteiger partial charge in [0.2, 0.25) is 0 Å². The van der Waals surface area contributed by atoms with E-state index in [1.165, 1.54) is 12.1 Å². The molecule has 3 N–H and O–H groups in total. The van der Waals surface area contributed by atoms with Crippen molar-refractivity contribution >= 4 is 11.6 Å². The summed E-state index contributed by atoms with van der Waals surface area (Å²) in [7, 11) is 0. The van der Waals surface area contributed by atoms with Crippen LogP contribution in [0.15, 0.2) is 41.0 Å². The van der Waals surface area contributed by atoms with E-state index in [-0.39, 0.29) is 17.2 Å². The number of anilines is 1. The summed E-state index contributed by atoms with van der Waals surface area (Å²) in [6.45, 7) is 0.434. The van der Waals surface area contributed by atoms with E-state index in [0.29, 0.717) is 13.0 Å². The molecule has 0 aliphatic carbocycles. The van der Waals surface area contributed by atoms with Gasteiger partial charge in [-0.2, -0.15) is 0 Å². The van der Waals surface area contributed by atoms with Crippen molar-refractivity contribution in [3.63, 3.8) is 0 Å². The maximum absolute atomic E-state index is 12.8. The molecule has 1 heterocycles. The van der Waals surface area contributed by atoms with Crippen LogP contribution in [0, 0.1) is 5.82 Å². The highest BCUT2D eigenvalue weighted by atomic mass is 19.1. The van der Waals surface area contributed by atoms with E-state index in [1.807, 2.05) is 6.07 Å². The first-order chi connectivity index (χ1) is 8.66. The first kappa shape index (κ1) is 12.2. The molecule has 0 spiro atoms. The van der Waals surface area contributed by atoms with E-state index in [4.69, 9.17) is 10.2 Å². The van der Waals surface area contributed by atoms with E-state index in [2.05, 4.69) is 5.32 Å². The maximum atomic E-state index is 12.8. The molecule has 0 aliphatic rings. The molecule has 18 heavy (non-hydrogen) atoms. The van der Waals surface area contributed by atoms with Crippen LogP contribution < -0.4 is 11.1 Å². The summed E-state index contributed by atoms with van der Waals surface area (Å²) >= 11 is 0. The molecule has 0 bridgehead atoms. The van der Waals surface area contributed by atoms with Crippen molar-refractivity contribution in [3.05, 3.63) is 53.7 Å². The third-order valence-electron chi connectivity index (χ3n) is 2.50. The second-order valence-corrected chi connectivity index (χ2v) is 3.82. The van der Waals surface area contributed by atoms with Crippen LogP contribution >= 0.6 is 0 Å². The lowest BCUT2D eigenvalue weighted by Gasteiger charge is -2.06. The van der Waals surface area contributed by atoms with Crippen LogP contribution in [0.4, 0.5) is 10.1 Å². The molecule has 1 aromatic heterocycles. The Bertz CT molecular complexity index is 538. The molecule has 4 nitrogen and oxygen atoms in total. The van der Waals surface area contributed by atoms with Gasteiger partial charge in [0.1, 0.15) is 11.6 Å². The number of benzene rings is 1. The van der Waals surface area contributed by atoms with E-state index >= 15 is 0 Å². The average molecular weight is 248 g/mol. The minimum Gasteiger partial charge on any atom is -0.469 e. The first-order valence-electron chi connectivity index (χ1n) is 5.52. The minimum atomic E-state index is -0.459. The van der Waals surface area contributed by atoms with Gasteiger partial charge in [0.15, 0.2) is 0 Å². The van der Waals surface area contributed by atoms with Crippen molar-refractivity contribution in [2.45, 2.75) is 6.42 Å². The van der Waals surface area contributed by atoms with E-state index < -0.39 is 5.82 Å². The van der Waals surface area contributed by atoms with E-state index in [1.54, 1.807) is 12.3 Å². The summed E-state index contributed by atoms with van der Waals surface area (Å²) in [5, 5.41) is 2.70. The first-order valence-corrected chi connectivity index (χ1v) is 5.52. The van der Waals surface area contributed by atoms with Crippen molar-refractivity contribution in [1.82, 2.24) is 5.32 Å². The van der Waals surface area contributed by atoms with Crippen LogP contribution in [0.1, 0.15) is 16.1 Å². The zero-order valence-electron chi connectivity index (χ0n) is 9.65. The molecule has 0 atom stereocenters. The van der Waals surface area contributed by atoms with Gasteiger partial charge in [0.25, 0.3) is 5.91 Å². The number of carbonyl (C=O) groups excluding carboxylic acids is 1. The molecular weight excluding hydrogens is 235 g/mol. The smallest absolute Gasteiger partial charge is 0.253 e. The van der Waals surface area contributed by atoms with Gasteiger partial charge in [0, 0.05) is 18.7 Å². The summed E-state index contributed by atoms with van der Waals surface area (Å²) in [6, 6.07) is 7.32. The summed E-state index contributed by atoms with van der Waals surface area (Å²) in [5.74, 6) is 0.0149. The zero-order chi connectivity index (χ0) is 13.0. The molecule has 0 radical (unpaired) electrons. The molecule has 0 aliphatic heterocycles. The van der Waals surface area contributed by atoms with Gasteiger partial charge in [-0.1, -0.05) is 0 Å². The molecular formula is C13H13FN2O2. The number of amides is 1. The zero-order valence-corrected chi connectivity index (χ0v) is 9.65. The molecule has 2 aromatic rings. The molecule has 0 unspecified atom stereocenters. The predicted molar refractivity (Wildman–Crippen MR) is 65.6 cm³/mol. The van der Waals surface area contributed by atoms with Gasteiger partial charge in [-0.25, -0.2) is 4.39 Å². The Balaban J connectivity index is 1.91. The Hall–Kier alpha value is -2.30. The molecule has 0 fully saturated rings. The monoisotopic (exact) mass is 248 g/mol. The third kappa shape index (κ3) is 2.88. The molecule has 1 amide bonds. The topological polar surface area (TPSA) is 68.3 Å². The standard InChI is InChI=1S/C13H13FN2O2/c14-9-3-4-11(12(15)8-9)13(17)16-6-5-10-2-1-7-18-10/h1-4,7-8H,5-6,15H2,(H,16,17). The third-order valence-corrected chi connectivity index (χ3v) is 2.50. The van der Waals surface area contributed by atoms with Gasteiger partial charge >= 0.3 is 0 Å². The number of rotatable bonds is 4. The average Bonchev–Trinajstić information content (AvgIpc) is 2.81. The highest BCUT2D eigenvalue weighted by molar-refractivity contribution is 5.99. The fourth-order valence-corrected chi connectivity index (χ4v) is 1.59. The SMILES string of the molecule is Nc1cc(F)ccc1C(=O)NCCc1ccco1. The van der Waals surface area contributed by atoms with Crippen molar-refractivity contribution in [2.75, 3.05) is 12.3 Å². The number of nitrogens with two attached hydrogens (primary N) is 1. The van der Waals surface area contributed by atoms with Crippen LogP contribution in [0.2, 0.25) is 0 Å². The number of hydrogen-bond donors (Lipinski definition) is 2. The van der Waals surface area contributed by atoms with Crippen LogP contribution in [0.5, 0.6) is 0 Å². The van der Waals surface area contributed by atoms with Crippen molar-refractivity contribution in [2.24, 2.45) is 0 Å². The predicted octanol–water partition coefficient (Wildman–Crippen LogP) is 1.97. The van der Waals surface area contributed by atoms with Gasteiger partial charge < -0.3 is 15.5 Å². The summed E-state index contributed by atoms with van der Waals surface area (Å²) in [4.78, 5) is 11.8. The number of hydrogen-bond acceptors (Lipinski definition) is 3. The Morgan fingerprint density at radius 2 is 2.22 bits per heavy atom.